The largest absolute Gasteiger partial charge is 0.373 e. The number of pyridine rings is 1. The molecule has 0 N–H and O–H groups in total. The second kappa shape index (κ2) is 4.76. The fourth-order valence-corrected chi connectivity index (χ4v) is 3.04. The molecule has 4 heteroatoms. The molecule has 1 aliphatic heterocycles. The lowest BCUT2D eigenvalue weighted by Crippen LogP contribution is -2.53. The summed E-state index contributed by atoms with van der Waals surface area (Å²) in [5.41, 5.74) is 2.56. The lowest BCUT2D eigenvalue weighted by atomic mass is 10.1. The van der Waals surface area contributed by atoms with Crippen LogP contribution in [-0.2, 0) is 4.74 Å². The predicted octanol–water partition coefficient (Wildman–Crippen LogP) is 1.69. The summed E-state index contributed by atoms with van der Waals surface area (Å²) in [5, 5.41) is 0. The lowest BCUT2D eigenvalue weighted by Gasteiger charge is -2.40. The second-order valence-electron chi connectivity index (χ2n) is 5.96. The first kappa shape index (κ1) is 12.9. The molecule has 0 spiro atoms. The Labute approximate surface area is 115 Å². The molecule has 1 saturated carbocycles. The van der Waals surface area contributed by atoms with Gasteiger partial charge < -0.3 is 14.5 Å². The topological polar surface area (TPSA) is 28.6 Å². The monoisotopic (exact) mass is 261 g/mol. The molecule has 1 aliphatic carbocycles. The molecule has 0 bridgehead atoms. The molecule has 0 amide bonds. The fourth-order valence-electron chi connectivity index (χ4n) is 3.04. The van der Waals surface area contributed by atoms with Gasteiger partial charge >= 0.3 is 0 Å². The third-order valence-electron chi connectivity index (χ3n) is 4.58. The van der Waals surface area contributed by atoms with Crippen molar-refractivity contribution >= 4 is 5.69 Å². The van der Waals surface area contributed by atoms with Crippen molar-refractivity contribution in [2.24, 2.45) is 0 Å². The van der Waals surface area contributed by atoms with E-state index in [1.54, 1.807) is 0 Å². The van der Waals surface area contributed by atoms with Crippen LogP contribution >= 0.6 is 0 Å². The lowest BCUT2D eigenvalue weighted by molar-refractivity contribution is -0.0215. The maximum atomic E-state index is 6.04. The van der Waals surface area contributed by atoms with E-state index in [1.807, 2.05) is 13.1 Å². The molecule has 0 aromatic carbocycles. The van der Waals surface area contributed by atoms with E-state index in [2.05, 4.69) is 41.0 Å². The summed E-state index contributed by atoms with van der Waals surface area (Å²) in [6.45, 7) is 4.78. The Bertz CT molecular complexity index is 439. The molecule has 4 nitrogen and oxygen atoms in total. The van der Waals surface area contributed by atoms with E-state index in [9.17, 15) is 0 Å². The minimum absolute atomic E-state index is 0.275. The number of anilines is 1. The Kier molecular flexibility index (Phi) is 3.23. The highest BCUT2D eigenvalue weighted by Gasteiger charge is 2.53. The molecule has 2 heterocycles. The summed E-state index contributed by atoms with van der Waals surface area (Å²) in [7, 11) is 4.34. The molecule has 0 unspecified atom stereocenters. The van der Waals surface area contributed by atoms with E-state index in [0.29, 0.717) is 6.10 Å². The van der Waals surface area contributed by atoms with Gasteiger partial charge in [0.2, 0.25) is 0 Å². The summed E-state index contributed by atoms with van der Waals surface area (Å²) in [4.78, 5) is 9.15. The van der Waals surface area contributed by atoms with Gasteiger partial charge in [-0.3, -0.25) is 4.98 Å². The van der Waals surface area contributed by atoms with Crippen molar-refractivity contribution in [2.45, 2.75) is 31.4 Å². The summed E-state index contributed by atoms with van der Waals surface area (Å²) in [6, 6.07) is 4.25. The van der Waals surface area contributed by atoms with Gasteiger partial charge in [-0.1, -0.05) is 0 Å². The van der Waals surface area contributed by atoms with Gasteiger partial charge in [-0.2, -0.15) is 0 Å². The predicted molar refractivity (Wildman–Crippen MR) is 76.6 cm³/mol. The van der Waals surface area contributed by atoms with Crippen LogP contribution < -0.4 is 4.90 Å². The van der Waals surface area contributed by atoms with Gasteiger partial charge in [0, 0.05) is 24.3 Å². The summed E-state index contributed by atoms with van der Waals surface area (Å²) in [6.07, 6.45) is 4.81. The Morgan fingerprint density at radius 1 is 1.37 bits per heavy atom. The third kappa shape index (κ3) is 2.35. The van der Waals surface area contributed by atoms with Crippen LogP contribution in [0.4, 0.5) is 5.69 Å². The molecule has 104 valence electrons. The van der Waals surface area contributed by atoms with Gasteiger partial charge in [-0.15, -0.1) is 0 Å². The van der Waals surface area contributed by atoms with Crippen LogP contribution in [0.3, 0.4) is 0 Å². The average molecular weight is 261 g/mol. The van der Waals surface area contributed by atoms with Gasteiger partial charge in [0.05, 0.1) is 24.6 Å². The summed E-state index contributed by atoms with van der Waals surface area (Å²) in [5.74, 6) is 0. The van der Waals surface area contributed by atoms with E-state index in [-0.39, 0.29) is 5.54 Å². The zero-order chi connectivity index (χ0) is 13.5. The van der Waals surface area contributed by atoms with Crippen LogP contribution in [0.15, 0.2) is 18.3 Å². The summed E-state index contributed by atoms with van der Waals surface area (Å²) < 4.78 is 6.04. The van der Waals surface area contributed by atoms with Crippen LogP contribution in [0.2, 0.25) is 0 Å². The van der Waals surface area contributed by atoms with Crippen molar-refractivity contribution in [3.8, 4) is 0 Å². The van der Waals surface area contributed by atoms with E-state index in [0.717, 1.165) is 25.4 Å². The molecule has 1 aromatic rings. The highest BCUT2D eigenvalue weighted by molar-refractivity contribution is 5.45. The van der Waals surface area contributed by atoms with Crippen LogP contribution in [0.25, 0.3) is 0 Å². The van der Waals surface area contributed by atoms with Crippen molar-refractivity contribution in [3.63, 3.8) is 0 Å². The standard InChI is InChI=1S/C15H23N3O/c1-12-4-5-13(10-16-12)18-8-9-19-14(11-18)15(6-7-15)17(2)3/h4-5,10,14H,6-9,11H2,1-3H3/t14-/m0/s1. The SMILES string of the molecule is Cc1ccc(N2CCO[C@H](C3(N(C)C)CC3)C2)cn1. The van der Waals surface area contributed by atoms with E-state index in [4.69, 9.17) is 4.74 Å². The zero-order valence-corrected chi connectivity index (χ0v) is 12.1. The first-order valence-electron chi connectivity index (χ1n) is 7.08. The molecular formula is C15H23N3O. The fraction of sp³-hybridized carbons (Fsp3) is 0.667. The van der Waals surface area contributed by atoms with Gasteiger partial charge in [0.25, 0.3) is 0 Å². The van der Waals surface area contributed by atoms with Crippen LogP contribution in [0, 0.1) is 6.92 Å². The highest BCUT2D eigenvalue weighted by Crippen LogP contribution is 2.45. The molecule has 2 aliphatic rings. The van der Waals surface area contributed by atoms with Gasteiger partial charge in [-0.05, 0) is 46.0 Å². The van der Waals surface area contributed by atoms with Crippen LogP contribution in [-0.4, -0.2) is 55.3 Å². The van der Waals surface area contributed by atoms with Crippen molar-refractivity contribution < 1.29 is 4.74 Å². The molecule has 3 rings (SSSR count). The van der Waals surface area contributed by atoms with E-state index >= 15 is 0 Å². The van der Waals surface area contributed by atoms with Gasteiger partial charge in [0.15, 0.2) is 0 Å². The van der Waals surface area contributed by atoms with Crippen molar-refractivity contribution in [2.75, 3.05) is 38.7 Å². The number of likely N-dealkylation sites (N-methyl/N-ethyl adjacent to an activating group) is 1. The number of nitrogens with zero attached hydrogens (tertiary/aromatic N) is 3. The molecule has 0 radical (unpaired) electrons. The minimum atomic E-state index is 0.275. The quantitative estimate of drug-likeness (QED) is 0.828. The van der Waals surface area contributed by atoms with Gasteiger partial charge in [-0.25, -0.2) is 0 Å². The van der Waals surface area contributed by atoms with Crippen molar-refractivity contribution in [1.82, 2.24) is 9.88 Å². The second-order valence-corrected chi connectivity index (χ2v) is 5.96. The number of aryl methyl sites for hydroxylation is 1. The zero-order valence-electron chi connectivity index (χ0n) is 12.1. The van der Waals surface area contributed by atoms with Crippen LogP contribution in [0.1, 0.15) is 18.5 Å². The molecule has 1 aromatic heterocycles. The van der Waals surface area contributed by atoms with Crippen LogP contribution in [0.5, 0.6) is 0 Å². The van der Waals surface area contributed by atoms with Crippen molar-refractivity contribution in [3.05, 3.63) is 24.0 Å². The Balaban J connectivity index is 1.73. The molecule has 1 saturated heterocycles. The maximum absolute atomic E-state index is 6.04. The number of rotatable bonds is 3. The Hall–Kier alpha value is -1.13. The van der Waals surface area contributed by atoms with E-state index < -0.39 is 0 Å². The number of ether oxygens (including phenoxy) is 1. The minimum Gasteiger partial charge on any atom is -0.373 e. The number of hydrogen-bond acceptors (Lipinski definition) is 4. The molecule has 19 heavy (non-hydrogen) atoms. The van der Waals surface area contributed by atoms with Crippen molar-refractivity contribution in [1.29, 1.82) is 0 Å². The number of morpholine rings is 1. The maximum Gasteiger partial charge on any atom is 0.0933 e. The highest BCUT2D eigenvalue weighted by atomic mass is 16.5. The van der Waals surface area contributed by atoms with E-state index in [1.165, 1.54) is 18.5 Å². The average Bonchev–Trinajstić information content (AvgIpc) is 3.21. The molecule has 1 atom stereocenters. The number of hydrogen-bond donors (Lipinski definition) is 0. The number of aromatic nitrogens is 1. The normalized spacial score (nSPS) is 25.7. The third-order valence-corrected chi connectivity index (χ3v) is 4.58. The smallest absolute Gasteiger partial charge is 0.0933 e. The molecule has 2 fully saturated rings. The van der Waals surface area contributed by atoms with Gasteiger partial charge in [0.1, 0.15) is 0 Å². The first-order chi connectivity index (χ1) is 9.12. The Morgan fingerprint density at radius 3 is 2.74 bits per heavy atom. The Morgan fingerprint density at radius 2 is 2.16 bits per heavy atom. The molecular weight excluding hydrogens is 238 g/mol. The summed E-state index contributed by atoms with van der Waals surface area (Å²) >= 11 is 0. The first-order valence-corrected chi connectivity index (χ1v) is 7.08.